The number of aryl methyl sites for hydroxylation is 2. The van der Waals surface area contributed by atoms with E-state index in [-0.39, 0.29) is 11.2 Å². The molecule has 122 valence electrons. The third kappa shape index (κ3) is 3.77. The van der Waals surface area contributed by atoms with E-state index in [4.69, 9.17) is 0 Å². The van der Waals surface area contributed by atoms with Gasteiger partial charge in [0.05, 0.1) is 10.8 Å². The van der Waals surface area contributed by atoms with Crippen molar-refractivity contribution >= 4 is 23.4 Å². The van der Waals surface area contributed by atoms with Crippen LogP contribution in [0.15, 0.2) is 41.4 Å². The number of fused-ring (bicyclic) bond motifs is 1. The Labute approximate surface area is 146 Å². The minimum Gasteiger partial charge on any atom is -0.325 e. The molecule has 1 aromatic heterocycles. The lowest BCUT2D eigenvalue weighted by Crippen LogP contribution is -2.22. The van der Waals surface area contributed by atoms with Gasteiger partial charge in [0.25, 0.3) is 0 Å². The predicted octanol–water partition coefficient (Wildman–Crippen LogP) is 3.95. The van der Waals surface area contributed by atoms with E-state index >= 15 is 0 Å². The highest BCUT2D eigenvalue weighted by Crippen LogP contribution is 2.30. The van der Waals surface area contributed by atoms with Crippen molar-refractivity contribution < 1.29 is 4.79 Å². The molecule has 1 atom stereocenters. The molecule has 1 aliphatic carbocycles. The number of hydrogen-bond donors (Lipinski definition) is 1. The molecule has 3 rings (SSSR count). The summed E-state index contributed by atoms with van der Waals surface area (Å²) in [5, 5.41) is 12.6. The Balaban J connectivity index is 1.75. The van der Waals surface area contributed by atoms with Crippen molar-refractivity contribution in [2.75, 3.05) is 5.32 Å². The Morgan fingerprint density at radius 3 is 2.79 bits per heavy atom. The fourth-order valence-corrected chi connectivity index (χ4v) is 3.67. The van der Waals surface area contributed by atoms with E-state index in [0.717, 1.165) is 37.1 Å². The molecule has 0 bridgehead atoms. The molecule has 0 fully saturated rings. The van der Waals surface area contributed by atoms with Gasteiger partial charge in [-0.3, -0.25) is 4.79 Å². The third-order valence-corrected chi connectivity index (χ3v) is 5.19. The van der Waals surface area contributed by atoms with E-state index in [1.165, 1.54) is 17.3 Å². The maximum Gasteiger partial charge on any atom is 0.237 e. The highest BCUT2D eigenvalue weighted by Gasteiger charge is 2.20. The Morgan fingerprint density at radius 1 is 1.29 bits per heavy atom. The number of anilines is 1. The molecule has 1 aliphatic rings. The molecule has 0 spiro atoms. The average Bonchev–Trinajstić information content (AvgIpc) is 2.61. The molecule has 1 unspecified atom stereocenters. The highest BCUT2D eigenvalue weighted by atomic mass is 32.2. The second kappa shape index (κ2) is 7.50. The first-order valence-corrected chi connectivity index (χ1v) is 9.01. The number of aromatic nitrogens is 1. The number of thioether (sulfide) groups is 1. The Bertz CT molecular complexity index is 783. The lowest BCUT2D eigenvalue weighted by Gasteiger charge is -2.18. The molecule has 1 N–H and O–H groups in total. The Morgan fingerprint density at radius 2 is 2.04 bits per heavy atom. The highest BCUT2D eigenvalue weighted by molar-refractivity contribution is 8.00. The van der Waals surface area contributed by atoms with Gasteiger partial charge in [0.2, 0.25) is 5.91 Å². The number of rotatable bonds is 4. The molecule has 24 heavy (non-hydrogen) atoms. The second-order valence-electron chi connectivity index (χ2n) is 5.88. The lowest BCUT2D eigenvalue weighted by atomic mass is 9.95. The summed E-state index contributed by atoms with van der Waals surface area (Å²) in [4.78, 5) is 17.0. The van der Waals surface area contributed by atoms with Gasteiger partial charge in [-0.2, -0.15) is 5.26 Å². The van der Waals surface area contributed by atoms with Gasteiger partial charge in [0.15, 0.2) is 0 Å². The van der Waals surface area contributed by atoms with E-state index < -0.39 is 0 Å². The van der Waals surface area contributed by atoms with Crippen LogP contribution >= 0.6 is 11.8 Å². The Hall–Kier alpha value is -2.32. The van der Waals surface area contributed by atoms with Gasteiger partial charge in [0, 0.05) is 11.4 Å². The summed E-state index contributed by atoms with van der Waals surface area (Å²) in [5.41, 5.74) is 3.61. The van der Waals surface area contributed by atoms with Gasteiger partial charge in [-0.05, 0) is 56.4 Å². The van der Waals surface area contributed by atoms with Crippen LogP contribution in [0, 0.1) is 11.3 Å². The fraction of sp³-hybridized carbons (Fsp3) is 0.316. The molecule has 0 saturated carbocycles. The van der Waals surface area contributed by atoms with Gasteiger partial charge >= 0.3 is 0 Å². The van der Waals surface area contributed by atoms with Crippen LogP contribution < -0.4 is 5.32 Å². The monoisotopic (exact) mass is 337 g/mol. The molecular weight excluding hydrogens is 318 g/mol. The van der Waals surface area contributed by atoms with Crippen LogP contribution in [-0.2, 0) is 17.6 Å². The number of nitrogens with one attached hydrogen (secondary N) is 1. The van der Waals surface area contributed by atoms with E-state index in [9.17, 15) is 10.1 Å². The summed E-state index contributed by atoms with van der Waals surface area (Å²) < 4.78 is 0. The van der Waals surface area contributed by atoms with Gasteiger partial charge in [-0.15, -0.1) is 0 Å². The number of pyridine rings is 1. The van der Waals surface area contributed by atoms with Gasteiger partial charge in [-0.1, -0.05) is 30.0 Å². The van der Waals surface area contributed by atoms with Crippen LogP contribution in [0.25, 0.3) is 0 Å². The normalized spacial score (nSPS) is 14.3. The van der Waals surface area contributed by atoms with Crippen molar-refractivity contribution in [3.63, 3.8) is 0 Å². The smallest absolute Gasteiger partial charge is 0.237 e. The third-order valence-electron chi connectivity index (χ3n) is 4.09. The van der Waals surface area contributed by atoms with Crippen LogP contribution in [0.4, 0.5) is 5.69 Å². The minimum atomic E-state index is -0.327. The van der Waals surface area contributed by atoms with E-state index in [1.54, 1.807) is 0 Å². The predicted molar refractivity (Wildman–Crippen MR) is 96.0 cm³/mol. The molecule has 5 heteroatoms. The average molecular weight is 337 g/mol. The van der Waals surface area contributed by atoms with Crippen LogP contribution in [0.2, 0.25) is 0 Å². The van der Waals surface area contributed by atoms with Crippen molar-refractivity contribution in [2.24, 2.45) is 0 Å². The molecule has 1 heterocycles. The molecular formula is C19H19N3OS. The summed E-state index contributed by atoms with van der Waals surface area (Å²) in [7, 11) is 0. The van der Waals surface area contributed by atoms with Crippen LogP contribution in [0.5, 0.6) is 0 Å². The number of amides is 1. The van der Waals surface area contributed by atoms with Crippen LogP contribution in [-0.4, -0.2) is 16.1 Å². The van der Waals surface area contributed by atoms with Crippen molar-refractivity contribution in [2.45, 2.75) is 42.9 Å². The van der Waals surface area contributed by atoms with Crippen LogP contribution in [0.3, 0.4) is 0 Å². The van der Waals surface area contributed by atoms with Crippen molar-refractivity contribution in [3.8, 4) is 6.07 Å². The van der Waals surface area contributed by atoms with Crippen molar-refractivity contribution in [1.29, 1.82) is 5.26 Å². The number of carbonyl (C=O) groups is 1. The topological polar surface area (TPSA) is 65.8 Å². The number of carbonyl (C=O) groups excluding carboxylic acids is 1. The van der Waals surface area contributed by atoms with Crippen LogP contribution in [0.1, 0.15) is 36.6 Å². The summed E-state index contributed by atoms with van der Waals surface area (Å²) in [6.45, 7) is 1.84. The summed E-state index contributed by atoms with van der Waals surface area (Å²) in [6, 6.07) is 13.6. The SMILES string of the molecule is CC(Sc1nc2c(cc1C#N)CCCC2)C(=O)Nc1ccccc1. The zero-order chi connectivity index (χ0) is 16.9. The molecule has 0 saturated heterocycles. The number of nitriles is 1. The summed E-state index contributed by atoms with van der Waals surface area (Å²) >= 11 is 1.35. The molecule has 0 aliphatic heterocycles. The first-order chi connectivity index (χ1) is 11.7. The zero-order valence-electron chi connectivity index (χ0n) is 13.6. The molecule has 2 aromatic rings. The standard InChI is InChI=1S/C19H19N3OS/c1-13(18(23)21-16-8-3-2-4-9-16)24-19-15(12-20)11-14-7-5-6-10-17(14)22-19/h2-4,8-9,11,13H,5-7,10H2,1H3,(H,21,23). The number of nitrogens with zero attached hydrogens (tertiary/aromatic N) is 2. The maximum atomic E-state index is 12.4. The van der Waals surface area contributed by atoms with E-state index in [0.29, 0.717) is 10.6 Å². The van der Waals surface area contributed by atoms with E-state index in [2.05, 4.69) is 16.4 Å². The minimum absolute atomic E-state index is 0.0883. The molecule has 0 radical (unpaired) electrons. The van der Waals surface area contributed by atoms with Gasteiger partial charge in [0.1, 0.15) is 11.1 Å². The molecule has 1 amide bonds. The molecule has 1 aromatic carbocycles. The first-order valence-electron chi connectivity index (χ1n) is 8.13. The summed E-state index contributed by atoms with van der Waals surface area (Å²) in [6.07, 6.45) is 4.24. The second-order valence-corrected chi connectivity index (χ2v) is 7.21. The Kier molecular flexibility index (Phi) is 5.17. The van der Waals surface area contributed by atoms with E-state index in [1.807, 2.05) is 43.3 Å². The summed E-state index contributed by atoms with van der Waals surface area (Å²) in [5.74, 6) is -0.0883. The molecule has 4 nitrogen and oxygen atoms in total. The largest absolute Gasteiger partial charge is 0.325 e. The fourth-order valence-electron chi connectivity index (χ4n) is 2.77. The van der Waals surface area contributed by atoms with Crippen molar-refractivity contribution in [1.82, 2.24) is 4.98 Å². The number of benzene rings is 1. The van der Waals surface area contributed by atoms with Crippen molar-refractivity contribution in [3.05, 3.63) is 53.2 Å². The first kappa shape index (κ1) is 16.5. The zero-order valence-corrected chi connectivity index (χ0v) is 14.4. The van der Waals surface area contributed by atoms with Gasteiger partial charge < -0.3 is 5.32 Å². The quantitative estimate of drug-likeness (QED) is 0.858. The van der Waals surface area contributed by atoms with Gasteiger partial charge in [-0.25, -0.2) is 4.98 Å². The lowest BCUT2D eigenvalue weighted by molar-refractivity contribution is -0.115. The number of para-hydroxylation sites is 1. The number of hydrogen-bond acceptors (Lipinski definition) is 4. The maximum absolute atomic E-state index is 12.4.